The summed E-state index contributed by atoms with van der Waals surface area (Å²) in [5, 5.41) is 4.62. The first-order valence-corrected chi connectivity index (χ1v) is 8.07. The molecule has 0 aliphatic carbocycles. The maximum atomic E-state index is 11.6. The van der Waals surface area contributed by atoms with Crippen molar-refractivity contribution in [3.05, 3.63) is 51.7 Å². The van der Waals surface area contributed by atoms with Gasteiger partial charge in [-0.15, -0.1) is 11.3 Å². The number of esters is 1. The van der Waals surface area contributed by atoms with Gasteiger partial charge in [-0.2, -0.15) is 0 Å². The van der Waals surface area contributed by atoms with Crippen molar-refractivity contribution in [3.63, 3.8) is 0 Å². The number of benzene rings is 1. The van der Waals surface area contributed by atoms with Crippen molar-refractivity contribution in [3.8, 4) is 5.75 Å². The summed E-state index contributed by atoms with van der Waals surface area (Å²) in [6.45, 7) is 3.76. The third-order valence-electron chi connectivity index (χ3n) is 3.09. The molecule has 2 rings (SSSR count). The highest BCUT2D eigenvalue weighted by Gasteiger charge is 2.09. The van der Waals surface area contributed by atoms with Crippen LogP contribution in [0.2, 0.25) is 0 Å². The van der Waals surface area contributed by atoms with Crippen molar-refractivity contribution in [1.82, 2.24) is 5.32 Å². The fraction of sp³-hybridized carbons (Fsp3) is 0.294. The molecule has 5 nitrogen and oxygen atoms in total. The van der Waals surface area contributed by atoms with Gasteiger partial charge in [0, 0.05) is 4.88 Å². The first-order valence-electron chi connectivity index (χ1n) is 7.19. The molecule has 0 radical (unpaired) electrons. The molecule has 1 N–H and O–H groups in total. The number of hydrogen-bond acceptors (Lipinski definition) is 5. The largest absolute Gasteiger partial charge is 0.482 e. The quantitative estimate of drug-likeness (QED) is 0.791. The van der Waals surface area contributed by atoms with E-state index in [1.165, 1.54) is 0 Å². The molecular weight excluding hydrogens is 314 g/mol. The van der Waals surface area contributed by atoms with Gasteiger partial charge in [0.25, 0.3) is 5.91 Å². The SMILES string of the molecule is Cc1ccc(C)c(OCC(=O)OCC(=O)NCc2cccs2)c1. The lowest BCUT2D eigenvalue weighted by molar-refractivity contribution is -0.150. The van der Waals surface area contributed by atoms with Crippen LogP contribution >= 0.6 is 11.3 Å². The summed E-state index contributed by atoms with van der Waals surface area (Å²) < 4.78 is 10.3. The number of aryl methyl sites for hydroxylation is 2. The number of thiophene rings is 1. The van der Waals surface area contributed by atoms with Crippen LogP contribution in [-0.4, -0.2) is 25.1 Å². The second-order valence-corrected chi connectivity index (χ2v) is 6.11. The van der Waals surface area contributed by atoms with E-state index in [1.54, 1.807) is 11.3 Å². The first-order chi connectivity index (χ1) is 11.0. The minimum absolute atomic E-state index is 0.220. The number of nitrogens with one attached hydrogen (secondary N) is 1. The van der Waals surface area contributed by atoms with E-state index in [0.29, 0.717) is 12.3 Å². The highest BCUT2D eigenvalue weighted by molar-refractivity contribution is 7.09. The summed E-state index contributed by atoms with van der Waals surface area (Å²) in [7, 11) is 0. The van der Waals surface area contributed by atoms with Gasteiger partial charge in [0.1, 0.15) is 5.75 Å². The topological polar surface area (TPSA) is 64.6 Å². The molecule has 0 spiro atoms. The molecule has 1 amide bonds. The minimum Gasteiger partial charge on any atom is -0.482 e. The molecule has 2 aromatic rings. The molecule has 0 saturated heterocycles. The molecule has 0 aliphatic rings. The van der Waals surface area contributed by atoms with E-state index in [1.807, 2.05) is 49.6 Å². The zero-order chi connectivity index (χ0) is 16.7. The van der Waals surface area contributed by atoms with Gasteiger partial charge in [-0.1, -0.05) is 18.2 Å². The normalized spacial score (nSPS) is 10.2. The zero-order valence-electron chi connectivity index (χ0n) is 13.1. The van der Waals surface area contributed by atoms with E-state index >= 15 is 0 Å². The van der Waals surface area contributed by atoms with E-state index in [-0.39, 0.29) is 19.1 Å². The standard InChI is InChI=1S/C17H19NO4S/c1-12-5-6-13(2)15(8-12)21-11-17(20)22-10-16(19)18-9-14-4-3-7-23-14/h3-8H,9-11H2,1-2H3,(H,18,19). The lowest BCUT2D eigenvalue weighted by atomic mass is 10.1. The van der Waals surface area contributed by atoms with Crippen molar-refractivity contribution in [1.29, 1.82) is 0 Å². The molecule has 1 aromatic heterocycles. The predicted molar refractivity (Wildman–Crippen MR) is 88.5 cm³/mol. The maximum Gasteiger partial charge on any atom is 0.344 e. The van der Waals surface area contributed by atoms with E-state index in [4.69, 9.17) is 9.47 Å². The Morgan fingerprint density at radius 1 is 1.17 bits per heavy atom. The molecule has 0 saturated carbocycles. The second kappa shape index (κ2) is 8.33. The molecule has 122 valence electrons. The summed E-state index contributed by atoms with van der Waals surface area (Å²) in [4.78, 5) is 24.3. The molecule has 1 aromatic carbocycles. The summed E-state index contributed by atoms with van der Waals surface area (Å²) >= 11 is 1.56. The average molecular weight is 333 g/mol. The third-order valence-corrected chi connectivity index (χ3v) is 3.97. The van der Waals surface area contributed by atoms with Gasteiger partial charge in [-0.05, 0) is 42.5 Å². The Morgan fingerprint density at radius 3 is 2.74 bits per heavy atom. The number of carbonyl (C=O) groups excluding carboxylic acids is 2. The van der Waals surface area contributed by atoms with Crippen LogP contribution in [-0.2, 0) is 20.9 Å². The van der Waals surface area contributed by atoms with Gasteiger partial charge in [0.2, 0.25) is 0 Å². The summed E-state index contributed by atoms with van der Waals surface area (Å²) in [6.07, 6.45) is 0. The second-order valence-electron chi connectivity index (χ2n) is 5.07. The Kier molecular flexibility index (Phi) is 6.17. The number of rotatable bonds is 7. The van der Waals surface area contributed by atoms with E-state index in [2.05, 4.69) is 5.32 Å². The highest BCUT2D eigenvalue weighted by Crippen LogP contribution is 2.18. The number of amides is 1. The zero-order valence-corrected chi connectivity index (χ0v) is 13.9. The smallest absolute Gasteiger partial charge is 0.344 e. The van der Waals surface area contributed by atoms with Gasteiger partial charge in [0.15, 0.2) is 13.2 Å². The highest BCUT2D eigenvalue weighted by atomic mass is 32.1. The average Bonchev–Trinajstić information content (AvgIpc) is 3.05. The van der Waals surface area contributed by atoms with Gasteiger partial charge >= 0.3 is 5.97 Å². The van der Waals surface area contributed by atoms with Crippen LogP contribution in [0.4, 0.5) is 0 Å². The third kappa shape index (κ3) is 5.75. The van der Waals surface area contributed by atoms with Crippen LogP contribution < -0.4 is 10.1 Å². The molecule has 0 unspecified atom stereocenters. The maximum absolute atomic E-state index is 11.6. The molecule has 6 heteroatoms. The minimum atomic E-state index is -0.572. The molecule has 0 atom stereocenters. The van der Waals surface area contributed by atoms with Crippen molar-refractivity contribution in [2.24, 2.45) is 0 Å². The van der Waals surface area contributed by atoms with Gasteiger partial charge < -0.3 is 14.8 Å². The number of hydrogen-bond donors (Lipinski definition) is 1. The Bertz CT molecular complexity index is 667. The van der Waals surface area contributed by atoms with E-state index in [0.717, 1.165) is 16.0 Å². The van der Waals surface area contributed by atoms with Crippen LogP contribution in [0.15, 0.2) is 35.7 Å². The van der Waals surface area contributed by atoms with E-state index in [9.17, 15) is 9.59 Å². The Morgan fingerprint density at radius 2 is 2.00 bits per heavy atom. The molecule has 23 heavy (non-hydrogen) atoms. The van der Waals surface area contributed by atoms with Gasteiger partial charge in [0.05, 0.1) is 6.54 Å². The fourth-order valence-electron chi connectivity index (χ4n) is 1.84. The Balaban J connectivity index is 1.68. The van der Waals surface area contributed by atoms with Crippen molar-refractivity contribution in [2.45, 2.75) is 20.4 Å². The Labute approximate surface area is 139 Å². The Hall–Kier alpha value is -2.34. The van der Waals surface area contributed by atoms with Crippen LogP contribution in [0.25, 0.3) is 0 Å². The lowest BCUT2D eigenvalue weighted by Crippen LogP contribution is -2.29. The molecule has 0 fully saturated rings. The van der Waals surface area contributed by atoms with Crippen LogP contribution in [0.1, 0.15) is 16.0 Å². The van der Waals surface area contributed by atoms with E-state index < -0.39 is 5.97 Å². The molecular formula is C17H19NO4S. The van der Waals surface area contributed by atoms with Gasteiger partial charge in [-0.3, -0.25) is 4.79 Å². The van der Waals surface area contributed by atoms with Crippen molar-refractivity contribution >= 4 is 23.2 Å². The van der Waals surface area contributed by atoms with Crippen LogP contribution in [0.3, 0.4) is 0 Å². The van der Waals surface area contributed by atoms with Gasteiger partial charge in [-0.25, -0.2) is 4.79 Å². The molecule has 1 heterocycles. The summed E-state index contributed by atoms with van der Waals surface area (Å²) in [6, 6.07) is 9.59. The van der Waals surface area contributed by atoms with Crippen LogP contribution in [0.5, 0.6) is 5.75 Å². The van der Waals surface area contributed by atoms with Crippen molar-refractivity contribution in [2.75, 3.05) is 13.2 Å². The summed E-state index contributed by atoms with van der Waals surface area (Å²) in [5.41, 5.74) is 1.99. The number of ether oxygens (including phenoxy) is 2. The fourth-order valence-corrected chi connectivity index (χ4v) is 2.48. The predicted octanol–water partition coefficient (Wildman–Crippen LogP) is 2.60. The first kappa shape index (κ1) is 17.0. The van der Waals surface area contributed by atoms with Crippen molar-refractivity contribution < 1.29 is 19.1 Å². The molecule has 0 bridgehead atoms. The summed E-state index contributed by atoms with van der Waals surface area (Å²) in [5.74, 6) is -0.264. The lowest BCUT2D eigenvalue weighted by Gasteiger charge is -2.10. The number of carbonyl (C=O) groups is 2. The molecule has 0 aliphatic heterocycles. The van der Waals surface area contributed by atoms with Crippen LogP contribution in [0, 0.1) is 13.8 Å². The monoisotopic (exact) mass is 333 g/mol.